The first-order valence-corrected chi connectivity index (χ1v) is 15.1. The number of nitrogens with zero attached hydrogens (tertiary/aromatic N) is 4. The van der Waals surface area contributed by atoms with Crippen molar-refractivity contribution in [3.8, 4) is 5.00 Å². The molecule has 4 rings (SSSR count). The zero-order valence-electron chi connectivity index (χ0n) is 24.2. The SMILES string of the molecule is Cc1sc2c(c1C)C(c1ccc(Cl)cc1)=NC(CC(=O)NCCOCCOCCOCCOCCO)c1nnc(C)n1-2. The van der Waals surface area contributed by atoms with Crippen molar-refractivity contribution in [2.24, 2.45) is 4.99 Å². The van der Waals surface area contributed by atoms with Crippen LogP contribution in [-0.4, -0.2) is 97.5 Å². The third kappa shape index (κ3) is 8.44. The van der Waals surface area contributed by atoms with E-state index in [-0.39, 0.29) is 18.9 Å². The van der Waals surface area contributed by atoms with Crippen molar-refractivity contribution in [2.75, 3.05) is 66.0 Å². The van der Waals surface area contributed by atoms with Gasteiger partial charge in [0.05, 0.1) is 71.6 Å². The number of halogens is 1. The first-order chi connectivity index (χ1) is 20.4. The predicted molar refractivity (Wildman–Crippen MR) is 161 cm³/mol. The van der Waals surface area contributed by atoms with Crippen molar-refractivity contribution in [2.45, 2.75) is 33.2 Å². The van der Waals surface area contributed by atoms with E-state index in [9.17, 15) is 4.79 Å². The Labute approximate surface area is 254 Å². The van der Waals surface area contributed by atoms with Crippen LogP contribution in [0.3, 0.4) is 0 Å². The highest BCUT2D eigenvalue weighted by Crippen LogP contribution is 2.39. The maximum atomic E-state index is 13.0. The first-order valence-electron chi connectivity index (χ1n) is 14.0. The molecule has 11 nitrogen and oxygen atoms in total. The quantitative estimate of drug-likeness (QED) is 0.220. The number of aryl methyl sites for hydroxylation is 2. The summed E-state index contributed by atoms with van der Waals surface area (Å²) in [7, 11) is 0. The van der Waals surface area contributed by atoms with Gasteiger partial charge < -0.3 is 29.4 Å². The van der Waals surface area contributed by atoms with Gasteiger partial charge in [0.25, 0.3) is 0 Å². The van der Waals surface area contributed by atoms with Crippen molar-refractivity contribution < 1.29 is 28.8 Å². The molecule has 0 saturated carbocycles. The average Bonchev–Trinajstić information content (AvgIpc) is 3.45. The zero-order chi connectivity index (χ0) is 29.9. The molecule has 13 heteroatoms. The predicted octanol–water partition coefficient (Wildman–Crippen LogP) is 3.36. The van der Waals surface area contributed by atoms with E-state index >= 15 is 0 Å². The van der Waals surface area contributed by atoms with Crippen LogP contribution in [0.25, 0.3) is 5.00 Å². The molecule has 1 amide bonds. The lowest BCUT2D eigenvalue weighted by Crippen LogP contribution is -2.29. The summed E-state index contributed by atoms with van der Waals surface area (Å²) in [5, 5.41) is 22.0. The number of hydrogen-bond donors (Lipinski definition) is 2. The molecule has 1 unspecified atom stereocenters. The Balaban J connectivity index is 1.30. The third-order valence-electron chi connectivity index (χ3n) is 6.66. The number of thiophene rings is 1. The van der Waals surface area contributed by atoms with Crippen LogP contribution in [0.2, 0.25) is 5.02 Å². The summed E-state index contributed by atoms with van der Waals surface area (Å²) in [5.41, 5.74) is 3.92. The molecule has 1 aromatic carbocycles. The van der Waals surface area contributed by atoms with E-state index in [4.69, 9.17) is 40.6 Å². The van der Waals surface area contributed by atoms with Crippen molar-refractivity contribution in [1.29, 1.82) is 0 Å². The summed E-state index contributed by atoms with van der Waals surface area (Å²) < 4.78 is 23.6. The number of ether oxygens (including phenoxy) is 4. The minimum atomic E-state index is -0.519. The number of fused-ring (bicyclic) bond motifs is 3. The fourth-order valence-electron chi connectivity index (χ4n) is 4.47. The number of carbonyl (C=O) groups excluding carboxylic acids is 1. The monoisotopic (exact) mass is 619 g/mol. The van der Waals surface area contributed by atoms with E-state index in [0.29, 0.717) is 70.2 Å². The van der Waals surface area contributed by atoms with Crippen molar-refractivity contribution in [3.63, 3.8) is 0 Å². The van der Waals surface area contributed by atoms with Crippen molar-refractivity contribution >= 4 is 34.6 Å². The van der Waals surface area contributed by atoms with E-state index in [1.165, 1.54) is 4.88 Å². The van der Waals surface area contributed by atoms with Crippen LogP contribution in [0.1, 0.15) is 45.7 Å². The van der Waals surface area contributed by atoms with Gasteiger partial charge >= 0.3 is 0 Å². The van der Waals surface area contributed by atoms with Crippen molar-refractivity contribution in [1.82, 2.24) is 20.1 Å². The molecule has 3 aromatic rings. The second-order valence-corrected chi connectivity index (χ2v) is 11.3. The van der Waals surface area contributed by atoms with Gasteiger partial charge in [-0.05, 0) is 38.5 Å². The van der Waals surface area contributed by atoms with Crippen molar-refractivity contribution in [3.05, 3.63) is 62.5 Å². The molecule has 0 saturated heterocycles. The molecule has 1 aliphatic heterocycles. The smallest absolute Gasteiger partial charge is 0.222 e. The number of hydrogen-bond acceptors (Lipinski definition) is 10. The molecular formula is C29H38ClN5O6S. The normalized spacial score (nSPS) is 14.3. The fraction of sp³-hybridized carbons (Fsp3) is 0.517. The summed E-state index contributed by atoms with van der Waals surface area (Å²) in [6, 6.07) is 7.09. The number of benzene rings is 1. The molecule has 0 fully saturated rings. The maximum absolute atomic E-state index is 13.0. The van der Waals surface area contributed by atoms with Crippen LogP contribution in [0.4, 0.5) is 0 Å². The van der Waals surface area contributed by atoms with Crippen LogP contribution >= 0.6 is 22.9 Å². The highest BCUT2D eigenvalue weighted by molar-refractivity contribution is 7.15. The van der Waals surface area contributed by atoms with E-state index in [2.05, 4.69) is 29.4 Å². The molecule has 0 spiro atoms. The Morgan fingerprint density at radius 2 is 1.57 bits per heavy atom. The topological polar surface area (TPSA) is 129 Å². The summed E-state index contributed by atoms with van der Waals surface area (Å²) in [6.07, 6.45) is 0.121. The Hall–Kier alpha value is -2.71. The lowest BCUT2D eigenvalue weighted by atomic mass is 9.99. The highest BCUT2D eigenvalue weighted by Gasteiger charge is 2.32. The van der Waals surface area contributed by atoms with Crippen LogP contribution in [0, 0.1) is 20.8 Å². The van der Waals surface area contributed by atoms with E-state index in [1.54, 1.807) is 11.3 Å². The van der Waals surface area contributed by atoms with Crippen LogP contribution in [0.5, 0.6) is 0 Å². The molecule has 228 valence electrons. The van der Waals surface area contributed by atoms with Gasteiger partial charge in [-0.2, -0.15) is 0 Å². The van der Waals surface area contributed by atoms with Gasteiger partial charge in [-0.25, -0.2) is 0 Å². The van der Waals surface area contributed by atoms with E-state index in [1.807, 2.05) is 35.8 Å². The lowest BCUT2D eigenvalue weighted by molar-refractivity contribution is -0.121. The van der Waals surface area contributed by atoms with Gasteiger partial charge in [-0.1, -0.05) is 23.7 Å². The standard InChI is InChI=1S/C29H38ClN5O6S/c1-19-20(2)42-29-26(19)27(22-4-6-23(30)7-5-22)32-24(28-34-33-21(3)35(28)29)18-25(37)31-8-10-38-12-14-40-16-17-41-15-13-39-11-9-36/h4-7,24,36H,8-18H2,1-3H3,(H,31,37). The average molecular weight is 620 g/mol. The molecule has 2 aromatic heterocycles. The molecule has 0 radical (unpaired) electrons. The van der Waals surface area contributed by atoms with Gasteiger partial charge in [-0.3, -0.25) is 14.4 Å². The Morgan fingerprint density at radius 3 is 2.21 bits per heavy atom. The minimum absolute atomic E-state index is 0.00747. The summed E-state index contributed by atoms with van der Waals surface area (Å²) in [4.78, 5) is 19.3. The van der Waals surface area contributed by atoms with Crippen LogP contribution in [-0.2, 0) is 23.7 Å². The largest absolute Gasteiger partial charge is 0.394 e. The highest BCUT2D eigenvalue weighted by atomic mass is 35.5. The van der Waals surface area contributed by atoms with Gasteiger partial charge in [0.1, 0.15) is 16.9 Å². The number of aliphatic hydroxyl groups is 1. The number of aromatic nitrogens is 3. The number of nitrogens with one attached hydrogen (secondary N) is 1. The second kappa shape index (κ2) is 16.2. The Kier molecular flexibility index (Phi) is 12.4. The van der Waals surface area contributed by atoms with E-state index < -0.39 is 6.04 Å². The summed E-state index contributed by atoms with van der Waals surface area (Å²) in [5.74, 6) is 1.24. The number of amides is 1. The molecule has 0 bridgehead atoms. The third-order valence-corrected chi connectivity index (χ3v) is 8.10. The van der Waals surface area contributed by atoms with Crippen LogP contribution < -0.4 is 5.32 Å². The van der Waals surface area contributed by atoms with Gasteiger partial charge in [0.15, 0.2) is 5.82 Å². The Morgan fingerprint density at radius 1 is 0.952 bits per heavy atom. The number of rotatable bonds is 17. The maximum Gasteiger partial charge on any atom is 0.222 e. The van der Waals surface area contributed by atoms with Crippen LogP contribution in [0.15, 0.2) is 29.3 Å². The molecule has 1 atom stereocenters. The zero-order valence-corrected chi connectivity index (χ0v) is 25.8. The van der Waals surface area contributed by atoms with Gasteiger partial charge in [0, 0.05) is 27.6 Å². The molecule has 1 aliphatic rings. The van der Waals surface area contributed by atoms with E-state index in [0.717, 1.165) is 33.2 Å². The lowest BCUT2D eigenvalue weighted by Gasteiger charge is -2.13. The molecule has 42 heavy (non-hydrogen) atoms. The first kappa shape index (κ1) is 32.2. The molecule has 0 aliphatic carbocycles. The summed E-state index contributed by atoms with van der Waals surface area (Å²) in [6.45, 7) is 9.83. The summed E-state index contributed by atoms with van der Waals surface area (Å²) >= 11 is 7.85. The minimum Gasteiger partial charge on any atom is -0.394 e. The molecule has 3 heterocycles. The fourth-order valence-corrected chi connectivity index (χ4v) is 5.81. The van der Waals surface area contributed by atoms with Gasteiger partial charge in [-0.15, -0.1) is 21.5 Å². The Bertz CT molecular complexity index is 1340. The molecular weight excluding hydrogens is 582 g/mol. The number of aliphatic imine (C=N–C) groups is 1. The number of carbonyl (C=O) groups is 1. The number of aliphatic hydroxyl groups excluding tert-OH is 1. The van der Waals surface area contributed by atoms with Gasteiger partial charge in [0.2, 0.25) is 5.91 Å². The second-order valence-electron chi connectivity index (χ2n) is 9.63. The molecule has 2 N–H and O–H groups in total.